The first-order valence-electron chi connectivity index (χ1n) is 8.09. The largest absolute Gasteiger partial charge is 0.504 e. The highest BCUT2D eigenvalue weighted by atomic mass is 32.2. The lowest BCUT2D eigenvalue weighted by Gasteiger charge is -2.20. The first kappa shape index (κ1) is 18.3. The zero-order valence-electron chi connectivity index (χ0n) is 14.2. The molecule has 0 saturated carbocycles. The Bertz CT molecular complexity index is 802. The minimum atomic E-state index is -0.0969. The van der Waals surface area contributed by atoms with Gasteiger partial charge < -0.3 is 25.6 Å². The van der Waals surface area contributed by atoms with Crippen molar-refractivity contribution in [2.45, 2.75) is 11.4 Å². The Labute approximate surface area is 155 Å². The third-order valence-corrected chi connectivity index (χ3v) is 4.99. The van der Waals surface area contributed by atoms with Gasteiger partial charge in [-0.3, -0.25) is 4.79 Å². The van der Waals surface area contributed by atoms with Gasteiger partial charge in [0.05, 0.1) is 12.9 Å². The van der Waals surface area contributed by atoms with Crippen molar-refractivity contribution < 1.29 is 19.7 Å². The number of anilines is 2. The topological polar surface area (TPSA) is 117 Å². The number of aliphatic hydroxyl groups excluding tert-OH is 1. The van der Waals surface area contributed by atoms with Crippen molar-refractivity contribution in [3.63, 3.8) is 0 Å². The number of aromatic hydroxyl groups is 1. The third kappa shape index (κ3) is 4.17. The first-order valence-corrected chi connectivity index (χ1v) is 9.07. The van der Waals surface area contributed by atoms with Gasteiger partial charge in [0, 0.05) is 19.1 Å². The van der Waals surface area contributed by atoms with Gasteiger partial charge in [0.15, 0.2) is 17.3 Å². The molecule has 1 aromatic carbocycles. The van der Waals surface area contributed by atoms with Crippen LogP contribution in [0.25, 0.3) is 0 Å². The molecule has 0 saturated heterocycles. The number of ether oxygens (including phenoxy) is 1. The SMILES string of the molecule is COc1ccc(CC(CO)CNc2ncnc3c2NC(=O)CS3)cc1O. The molecule has 1 unspecified atom stereocenters. The normalized spacial score (nSPS) is 14.3. The predicted octanol–water partition coefficient (Wildman–Crippen LogP) is 1.50. The number of nitrogens with zero attached hydrogens (tertiary/aromatic N) is 2. The number of carbonyl (C=O) groups excluding carboxylic acids is 1. The molecule has 3 rings (SSSR count). The molecule has 0 spiro atoms. The summed E-state index contributed by atoms with van der Waals surface area (Å²) >= 11 is 1.37. The highest BCUT2D eigenvalue weighted by molar-refractivity contribution is 8.00. The summed E-state index contributed by atoms with van der Waals surface area (Å²) in [6, 6.07) is 5.18. The molecule has 2 aromatic rings. The van der Waals surface area contributed by atoms with Crippen LogP contribution >= 0.6 is 11.8 Å². The van der Waals surface area contributed by atoms with Gasteiger partial charge in [-0.1, -0.05) is 17.8 Å². The maximum Gasteiger partial charge on any atom is 0.234 e. The lowest BCUT2D eigenvalue weighted by molar-refractivity contribution is -0.113. The molecule has 1 aromatic heterocycles. The zero-order valence-corrected chi connectivity index (χ0v) is 15.0. The van der Waals surface area contributed by atoms with Gasteiger partial charge in [0.25, 0.3) is 0 Å². The van der Waals surface area contributed by atoms with E-state index in [0.29, 0.717) is 36.0 Å². The number of aliphatic hydroxyl groups is 1. The van der Waals surface area contributed by atoms with Crippen LogP contribution in [0.3, 0.4) is 0 Å². The maximum absolute atomic E-state index is 11.6. The van der Waals surface area contributed by atoms with Gasteiger partial charge in [-0.25, -0.2) is 9.97 Å². The van der Waals surface area contributed by atoms with E-state index < -0.39 is 0 Å². The molecule has 8 nitrogen and oxygen atoms in total. The van der Waals surface area contributed by atoms with Crippen molar-refractivity contribution in [3.05, 3.63) is 30.1 Å². The number of thioether (sulfide) groups is 1. The van der Waals surface area contributed by atoms with Gasteiger partial charge in [-0.05, 0) is 24.1 Å². The van der Waals surface area contributed by atoms with Crippen molar-refractivity contribution in [1.82, 2.24) is 9.97 Å². The summed E-state index contributed by atoms with van der Waals surface area (Å²) in [7, 11) is 1.49. The number of nitrogens with one attached hydrogen (secondary N) is 2. The van der Waals surface area contributed by atoms with Gasteiger partial charge in [-0.2, -0.15) is 0 Å². The Morgan fingerprint density at radius 2 is 2.27 bits per heavy atom. The van der Waals surface area contributed by atoms with E-state index >= 15 is 0 Å². The molecule has 26 heavy (non-hydrogen) atoms. The Morgan fingerprint density at radius 1 is 1.42 bits per heavy atom. The van der Waals surface area contributed by atoms with E-state index in [1.807, 2.05) is 6.07 Å². The van der Waals surface area contributed by atoms with Crippen LogP contribution in [0.1, 0.15) is 5.56 Å². The van der Waals surface area contributed by atoms with Crippen LogP contribution in [0.4, 0.5) is 11.5 Å². The van der Waals surface area contributed by atoms with E-state index in [2.05, 4.69) is 20.6 Å². The number of phenols is 1. The average Bonchev–Trinajstić information content (AvgIpc) is 2.65. The van der Waals surface area contributed by atoms with Gasteiger partial charge in [-0.15, -0.1) is 0 Å². The number of fused-ring (bicyclic) bond motifs is 1. The molecule has 2 heterocycles. The Hall–Kier alpha value is -2.52. The molecule has 9 heteroatoms. The Kier molecular flexibility index (Phi) is 5.79. The maximum atomic E-state index is 11.6. The molecule has 0 fully saturated rings. The molecule has 1 aliphatic rings. The zero-order chi connectivity index (χ0) is 18.5. The van der Waals surface area contributed by atoms with Gasteiger partial charge in [0.2, 0.25) is 5.91 Å². The number of carbonyl (C=O) groups is 1. The van der Waals surface area contributed by atoms with E-state index in [4.69, 9.17) is 4.74 Å². The highest BCUT2D eigenvalue weighted by Gasteiger charge is 2.21. The van der Waals surface area contributed by atoms with Crippen molar-refractivity contribution in [2.75, 3.05) is 36.6 Å². The number of methoxy groups -OCH3 is 1. The van der Waals surface area contributed by atoms with Crippen LogP contribution in [-0.4, -0.2) is 52.1 Å². The minimum Gasteiger partial charge on any atom is -0.504 e. The summed E-state index contributed by atoms with van der Waals surface area (Å²) < 4.78 is 5.04. The van der Waals surface area contributed by atoms with Crippen LogP contribution in [0.2, 0.25) is 0 Å². The molecule has 1 amide bonds. The second kappa shape index (κ2) is 8.24. The molecule has 1 aliphatic heterocycles. The standard InChI is InChI=1S/C17H20N4O4S/c1-25-13-3-2-10(5-12(13)23)4-11(7-22)6-18-16-15-17(20-9-19-16)26-8-14(24)21-15/h2-3,5,9,11,22-23H,4,6-8H2,1H3,(H,21,24)(H,18,19,20). The molecule has 0 bridgehead atoms. The molecule has 138 valence electrons. The fourth-order valence-electron chi connectivity index (χ4n) is 2.67. The van der Waals surface area contributed by atoms with E-state index in [1.165, 1.54) is 25.2 Å². The molecular weight excluding hydrogens is 356 g/mol. The quantitative estimate of drug-likeness (QED) is 0.537. The van der Waals surface area contributed by atoms with E-state index in [1.54, 1.807) is 12.1 Å². The van der Waals surface area contributed by atoms with Crippen LogP contribution in [0.5, 0.6) is 11.5 Å². The summed E-state index contributed by atoms with van der Waals surface area (Å²) in [4.78, 5) is 20.0. The number of hydrogen-bond donors (Lipinski definition) is 4. The molecule has 0 radical (unpaired) electrons. The fourth-order valence-corrected chi connectivity index (χ4v) is 3.43. The number of hydrogen-bond acceptors (Lipinski definition) is 8. The van der Waals surface area contributed by atoms with Crippen molar-refractivity contribution in [2.24, 2.45) is 5.92 Å². The Morgan fingerprint density at radius 3 is 3.00 bits per heavy atom. The van der Waals surface area contributed by atoms with E-state index in [0.717, 1.165) is 10.6 Å². The lowest BCUT2D eigenvalue weighted by atomic mass is 9.99. The number of benzene rings is 1. The average molecular weight is 376 g/mol. The van der Waals surface area contributed by atoms with Gasteiger partial charge in [0.1, 0.15) is 17.0 Å². The van der Waals surface area contributed by atoms with Crippen LogP contribution in [0, 0.1) is 5.92 Å². The summed E-state index contributed by atoms with van der Waals surface area (Å²) in [5, 5.41) is 26.2. The summed E-state index contributed by atoms with van der Waals surface area (Å²) in [5.41, 5.74) is 1.46. The van der Waals surface area contributed by atoms with Crippen molar-refractivity contribution in [3.8, 4) is 11.5 Å². The van der Waals surface area contributed by atoms with Crippen molar-refractivity contribution in [1.29, 1.82) is 0 Å². The summed E-state index contributed by atoms with van der Waals surface area (Å²) in [6.45, 7) is 0.418. The van der Waals surface area contributed by atoms with E-state index in [9.17, 15) is 15.0 Å². The minimum absolute atomic E-state index is 0.0336. The smallest absolute Gasteiger partial charge is 0.234 e. The summed E-state index contributed by atoms with van der Waals surface area (Å²) in [6.07, 6.45) is 2.01. The second-order valence-corrected chi connectivity index (χ2v) is 6.84. The monoisotopic (exact) mass is 376 g/mol. The lowest BCUT2D eigenvalue weighted by Crippen LogP contribution is -2.24. The van der Waals surface area contributed by atoms with Crippen LogP contribution < -0.4 is 15.4 Å². The molecule has 4 N–H and O–H groups in total. The summed E-state index contributed by atoms with van der Waals surface area (Å²) in [5.74, 6) is 1.16. The van der Waals surface area contributed by atoms with Crippen LogP contribution in [0.15, 0.2) is 29.6 Å². The molecule has 1 atom stereocenters. The first-order chi connectivity index (χ1) is 12.6. The van der Waals surface area contributed by atoms with Crippen molar-refractivity contribution >= 4 is 29.2 Å². The molecular formula is C17H20N4O4S. The fraction of sp³-hybridized carbons (Fsp3) is 0.353. The predicted molar refractivity (Wildman–Crippen MR) is 98.8 cm³/mol. The van der Waals surface area contributed by atoms with Crippen LogP contribution in [-0.2, 0) is 11.2 Å². The second-order valence-electron chi connectivity index (χ2n) is 5.88. The Balaban J connectivity index is 1.66. The van der Waals surface area contributed by atoms with E-state index in [-0.39, 0.29) is 24.2 Å². The molecule has 0 aliphatic carbocycles. The number of rotatable bonds is 7. The highest BCUT2D eigenvalue weighted by Crippen LogP contribution is 2.34. The van der Waals surface area contributed by atoms with Gasteiger partial charge >= 0.3 is 0 Å². The number of phenolic OH excluding ortho intramolecular Hbond substituents is 1. The number of amides is 1. The number of aromatic nitrogens is 2. The third-order valence-electron chi connectivity index (χ3n) is 4.00.